The summed E-state index contributed by atoms with van der Waals surface area (Å²) in [6, 6.07) is 15.3. The van der Waals surface area contributed by atoms with Gasteiger partial charge in [-0.1, -0.05) is 36.4 Å². The Morgan fingerprint density at radius 2 is 1.20 bits per heavy atom. The van der Waals surface area contributed by atoms with Crippen LogP contribution in [-0.4, -0.2) is 20.3 Å². The lowest BCUT2D eigenvalue weighted by Crippen LogP contribution is -2.13. The first kappa shape index (κ1) is 14.4. The lowest BCUT2D eigenvalue weighted by Gasteiger charge is -2.13. The number of benzene rings is 2. The summed E-state index contributed by atoms with van der Waals surface area (Å²) in [4.78, 5) is 0. The van der Waals surface area contributed by atoms with Crippen molar-refractivity contribution in [2.45, 2.75) is 18.9 Å². The van der Waals surface area contributed by atoms with E-state index in [9.17, 15) is 5.11 Å². The molecule has 0 spiro atoms. The van der Waals surface area contributed by atoms with Crippen LogP contribution in [0, 0.1) is 0 Å². The average Bonchev–Trinajstić information content (AvgIpc) is 2.48. The first-order valence-electron chi connectivity index (χ1n) is 6.64. The fourth-order valence-electron chi connectivity index (χ4n) is 2.31. The highest BCUT2D eigenvalue weighted by Gasteiger charge is 2.14. The van der Waals surface area contributed by atoms with Gasteiger partial charge in [0, 0.05) is 12.8 Å². The Labute approximate surface area is 119 Å². The lowest BCUT2D eigenvalue weighted by atomic mass is 10.00. The van der Waals surface area contributed by atoms with Crippen molar-refractivity contribution in [3.63, 3.8) is 0 Å². The molecule has 0 aliphatic rings. The lowest BCUT2D eigenvalue weighted by molar-refractivity contribution is 0.0884. The molecule has 1 radical (unpaired) electrons. The van der Waals surface area contributed by atoms with E-state index in [1.165, 1.54) is 0 Å². The van der Waals surface area contributed by atoms with Crippen molar-refractivity contribution in [2.75, 3.05) is 14.2 Å². The minimum atomic E-state index is -0.720. The van der Waals surface area contributed by atoms with Crippen molar-refractivity contribution >= 4 is 0 Å². The van der Waals surface area contributed by atoms with Crippen molar-refractivity contribution in [1.29, 1.82) is 0 Å². The number of ether oxygens (including phenoxy) is 2. The van der Waals surface area contributed by atoms with E-state index in [0.29, 0.717) is 12.8 Å². The zero-order valence-corrected chi connectivity index (χ0v) is 11.8. The summed E-state index contributed by atoms with van der Waals surface area (Å²) in [7, 11) is 3.25. The molecule has 0 bridgehead atoms. The van der Waals surface area contributed by atoms with Gasteiger partial charge in [0.15, 0.2) is 0 Å². The molecule has 3 nitrogen and oxygen atoms in total. The summed E-state index contributed by atoms with van der Waals surface area (Å²) in [5, 5.41) is 12.3. The minimum absolute atomic E-state index is 0.446. The minimum Gasteiger partial charge on any atom is -0.496 e. The molecule has 0 N–H and O–H groups in total. The molecule has 105 valence electrons. The maximum atomic E-state index is 12.3. The molecule has 2 aromatic rings. The smallest absolute Gasteiger partial charge is 0.122 e. The van der Waals surface area contributed by atoms with Crippen molar-refractivity contribution in [2.24, 2.45) is 0 Å². The van der Waals surface area contributed by atoms with E-state index >= 15 is 0 Å². The fraction of sp³-hybridized carbons (Fsp3) is 0.294. The summed E-state index contributed by atoms with van der Waals surface area (Å²) >= 11 is 0. The van der Waals surface area contributed by atoms with Gasteiger partial charge in [-0.25, -0.2) is 5.11 Å². The molecule has 0 fully saturated rings. The maximum absolute atomic E-state index is 12.3. The molecule has 0 unspecified atom stereocenters. The Kier molecular flexibility index (Phi) is 5.02. The number of hydrogen-bond acceptors (Lipinski definition) is 2. The molecule has 0 saturated heterocycles. The van der Waals surface area contributed by atoms with Crippen molar-refractivity contribution in [3.05, 3.63) is 59.7 Å². The summed E-state index contributed by atoms with van der Waals surface area (Å²) in [5.74, 6) is 1.54. The third-order valence-electron chi connectivity index (χ3n) is 3.28. The van der Waals surface area contributed by atoms with E-state index in [-0.39, 0.29) is 0 Å². The standard InChI is InChI=1S/C17H19O3/c1-19-16-9-5-3-7-13(16)11-15(18)12-14-8-4-6-10-17(14)20-2/h3-10,15H,11-12H2,1-2H3. The molecular formula is C17H19O3. The fourth-order valence-corrected chi connectivity index (χ4v) is 2.31. The largest absolute Gasteiger partial charge is 0.496 e. The van der Waals surface area contributed by atoms with Crippen LogP contribution in [0.1, 0.15) is 11.1 Å². The SMILES string of the molecule is COc1ccccc1CC([O])Cc1ccccc1OC. The molecule has 0 aliphatic heterocycles. The van der Waals surface area contributed by atoms with Gasteiger partial charge in [-0.05, 0) is 23.3 Å². The van der Waals surface area contributed by atoms with Crippen LogP contribution in [0.25, 0.3) is 0 Å². The highest BCUT2D eigenvalue weighted by Crippen LogP contribution is 2.23. The van der Waals surface area contributed by atoms with E-state index in [0.717, 1.165) is 22.6 Å². The second kappa shape index (κ2) is 6.96. The van der Waals surface area contributed by atoms with Gasteiger partial charge in [0.1, 0.15) is 17.6 Å². The number of methoxy groups -OCH3 is 2. The second-order valence-electron chi connectivity index (χ2n) is 4.65. The van der Waals surface area contributed by atoms with Gasteiger partial charge in [0.2, 0.25) is 0 Å². The molecule has 0 aliphatic carbocycles. The van der Waals surface area contributed by atoms with E-state index < -0.39 is 6.10 Å². The van der Waals surface area contributed by atoms with E-state index in [4.69, 9.17) is 9.47 Å². The summed E-state index contributed by atoms with van der Waals surface area (Å²) in [6.45, 7) is 0. The Morgan fingerprint density at radius 1 is 0.800 bits per heavy atom. The molecule has 2 aromatic carbocycles. The molecule has 20 heavy (non-hydrogen) atoms. The third kappa shape index (κ3) is 3.52. The molecule has 0 amide bonds. The number of para-hydroxylation sites is 2. The Hall–Kier alpha value is -2.00. The molecule has 3 heteroatoms. The molecule has 0 aromatic heterocycles. The Balaban J connectivity index is 2.07. The maximum Gasteiger partial charge on any atom is 0.122 e. The predicted octanol–water partition coefficient (Wildman–Crippen LogP) is 3.29. The van der Waals surface area contributed by atoms with Crippen LogP contribution in [0.4, 0.5) is 0 Å². The van der Waals surface area contributed by atoms with Crippen LogP contribution < -0.4 is 9.47 Å². The molecule has 0 heterocycles. The number of rotatable bonds is 6. The molecule has 0 saturated carbocycles. The highest BCUT2D eigenvalue weighted by molar-refractivity contribution is 5.36. The summed E-state index contributed by atoms with van der Waals surface area (Å²) in [5.41, 5.74) is 1.90. The molecule has 0 atom stereocenters. The van der Waals surface area contributed by atoms with Crippen molar-refractivity contribution in [3.8, 4) is 11.5 Å². The number of hydrogen-bond donors (Lipinski definition) is 0. The third-order valence-corrected chi connectivity index (χ3v) is 3.28. The predicted molar refractivity (Wildman–Crippen MR) is 77.9 cm³/mol. The van der Waals surface area contributed by atoms with Crippen LogP contribution in [0.5, 0.6) is 11.5 Å². The van der Waals surface area contributed by atoms with Crippen LogP contribution in [0.15, 0.2) is 48.5 Å². The average molecular weight is 271 g/mol. The quantitative estimate of drug-likeness (QED) is 0.808. The summed E-state index contributed by atoms with van der Waals surface area (Å²) < 4.78 is 10.6. The zero-order chi connectivity index (χ0) is 14.4. The van der Waals surface area contributed by atoms with Crippen LogP contribution in [-0.2, 0) is 17.9 Å². The van der Waals surface area contributed by atoms with Gasteiger partial charge in [-0.3, -0.25) is 0 Å². The van der Waals surface area contributed by atoms with Crippen molar-refractivity contribution in [1.82, 2.24) is 0 Å². The van der Waals surface area contributed by atoms with Crippen molar-refractivity contribution < 1.29 is 14.6 Å². The second-order valence-corrected chi connectivity index (χ2v) is 4.65. The van der Waals surface area contributed by atoms with E-state index in [2.05, 4.69) is 0 Å². The van der Waals surface area contributed by atoms with Crippen LogP contribution in [0.3, 0.4) is 0 Å². The highest BCUT2D eigenvalue weighted by atomic mass is 16.5. The van der Waals surface area contributed by atoms with Gasteiger partial charge in [0.05, 0.1) is 14.2 Å². The topological polar surface area (TPSA) is 38.4 Å². The first-order valence-corrected chi connectivity index (χ1v) is 6.64. The first-order chi connectivity index (χ1) is 9.74. The van der Waals surface area contributed by atoms with Gasteiger partial charge in [0.25, 0.3) is 0 Å². The normalized spacial score (nSPS) is 10.6. The van der Waals surface area contributed by atoms with Gasteiger partial charge in [-0.2, -0.15) is 0 Å². The molecule has 2 rings (SSSR count). The van der Waals surface area contributed by atoms with Gasteiger partial charge < -0.3 is 9.47 Å². The summed E-state index contributed by atoms with van der Waals surface area (Å²) in [6.07, 6.45) is 0.173. The Bertz CT molecular complexity index is 502. The Morgan fingerprint density at radius 3 is 1.60 bits per heavy atom. The van der Waals surface area contributed by atoms with Gasteiger partial charge in [-0.15, -0.1) is 0 Å². The van der Waals surface area contributed by atoms with E-state index in [1.54, 1.807) is 14.2 Å². The zero-order valence-electron chi connectivity index (χ0n) is 11.8. The monoisotopic (exact) mass is 271 g/mol. The van der Waals surface area contributed by atoms with E-state index in [1.807, 2.05) is 48.5 Å². The van der Waals surface area contributed by atoms with Crippen LogP contribution in [0.2, 0.25) is 0 Å². The molecular weight excluding hydrogens is 252 g/mol. The van der Waals surface area contributed by atoms with Gasteiger partial charge >= 0.3 is 0 Å². The van der Waals surface area contributed by atoms with Crippen LogP contribution >= 0.6 is 0 Å².